The van der Waals surface area contributed by atoms with E-state index in [2.05, 4.69) is 10.6 Å². The molecule has 0 aromatic rings. The van der Waals surface area contributed by atoms with Gasteiger partial charge >= 0.3 is 0 Å². The largest absolute Gasteiger partial charge is 0.368 e. The smallest absolute Gasteiger partial charge is 0.249 e. The molecule has 0 bridgehead atoms. The molecule has 16 heavy (non-hydrogen) atoms. The third kappa shape index (κ3) is 2.95. The molecule has 4 nitrogen and oxygen atoms in total. The molecule has 0 aromatic carbocycles. The molecule has 1 heterocycles. The second kappa shape index (κ2) is 5.64. The fourth-order valence-electron chi connectivity index (χ4n) is 2.60. The first kappa shape index (κ1) is 11.9. The topological polar surface area (TPSA) is 50.4 Å². The summed E-state index contributed by atoms with van der Waals surface area (Å²) >= 11 is 0. The van der Waals surface area contributed by atoms with Crippen LogP contribution in [0.4, 0.5) is 0 Å². The monoisotopic (exact) mass is 226 g/mol. The van der Waals surface area contributed by atoms with E-state index >= 15 is 0 Å². The minimum Gasteiger partial charge on any atom is -0.368 e. The van der Waals surface area contributed by atoms with Crippen LogP contribution in [0.3, 0.4) is 0 Å². The van der Waals surface area contributed by atoms with E-state index in [-0.39, 0.29) is 12.0 Å². The van der Waals surface area contributed by atoms with E-state index in [4.69, 9.17) is 4.74 Å². The van der Waals surface area contributed by atoms with Crippen molar-refractivity contribution in [2.75, 3.05) is 13.7 Å². The predicted molar refractivity (Wildman–Crippen MR) is 62.2 cm³/mol. The van der Waals surface area contributed by atoms with Gasteiger partial charge < -0.3 is 15.4 Å². The molecule has 1 aliphatic carbocycles. The van der Waals surface area contributed by atoms with Crippen molar-refractivity contribution in [3.8, 4) is 0 Å². The van der Waals surface area contributed by atoms with Gasteiger partial charge in [0.25, 0.3) is 0 Å². The maximum atomic E-state index is 11.8. The second-order valence-electron chi connectivity index (χ2n) is 4.85. The lowest BCUT2D eigenvalue weighted by Crippen LogP contribution is -2.44. The Bertz CT molecular complexity index is 231. The molecule has 2 rings (SSSR count). The maximum Gasteiger partial charge on any atom is 0.249 e. The Morgan fingerprint density at radius 3 is 2.38 bits per heavy atom. The van der Waals surface area contributed by atoms with E-state index in [9.17, 15) is 4.79 Å². The summed E-state index contributed by atoms with van der Waals surface area (Å²) in [5.41, 5.74) is 0. The molecule has 2 aliphatic rings. The van der Waals surface area contributed by atoms with Gasteiger partial charge in [-0.05, 0) is 45.6 Å². The van der Waals surface area contributed by atoms with E-state index in [1.165, 1.54) is 0 Å². The number of ether oxygens (including phenoxy) is 1. The SMILES string of the molecule is CNC1CCC(NC(=O)[C@@H]2CCCO2)CC1. The lowest BCUT2D eigenvalue weighted by Gasteiger charge is -2.29. The van der Waals surface area contributed by atoms with Gasteiger partial charge in [-0.25, -0.2) is 0 Å². The Balaban J connectivity index is 1.71. The lowest BCUT2D eigenvalue weighted by molar-refractivity contribution is -0.131. The molecule has 1 atom stereocenters. The van der Waals surface area contributed by atoms with Crippen molar-refractivity contribution in [3.63, 3.8) is 0 Å². The zero-order chi connectivity index (χ0) is 11.4. The Hall–Kier alpha value is -0.610. The zero-order valence-corrected chi connectivity index (χ0v) is 10.00. The Morgan fingerprint density at radius 2 is 1.81 bits per heavy atom. The maximum absolute atomic E-state index is 11.8. The van der Waals surface area contributed by atoms with Gasteiger partial charge in [0, 0.05) is 18.7 Å². The molecule has 1 saturated carbocycles. The highest BCUT2D eigenvalue weighted by Crippen LogP contribution is 2.19. The summed E-state index contributed by atoms with van der Waals surface area (Å²) < 4.78 is 5.37. The summed E-state index contributed by atoms with van der Waals surface area (Å²) in [5, 5.41) is 6.41. The first-order valence-corrected chi connectivity index (χ1v) is 6.39. The van der Waals surface area contributed by atoms with Crippen LogP contribution in [0.1, 0.15) is 38.5 Å². The van der Waals surface area contributed by atoms with Crippen LogP contribution < -0.4 is 10.6 Å². The Labute approximate surface area is 97.1 Å². The van der Waals surface area contributed by atoms with Gasteiger partial charge in [0.15, 0.2) is 0 Å². The number of hydrogen-bond acceptors (Lipinski definition) is 3. The average molecular weight is 226 g/mol. The summed E-state index contributed by atoms with van der Waals surface area (Å²) in [4.78, 5) is 11.8. The van der Waals surface area contributed by atoms with Crippen LogP contribution in [0.15, 0.2) is 0 Å². The van der Waals surface area contributed by atoms with Gasteiger partial charge in [-0.1, -0.05) is 0 Å². The highest BCUT2D eigenvalue weighted by atomic mass is 16.5. The Morgan fingerprint density at radius 1 is 1.12 bits per heavy atom. The molecule has 4 heteroatoms. The number of nitrogens with one attached hydrogen (secondary N) is 2. The average Bonchev–Trinajstić information content (AvgIpc) is 2.83. The molecular weight excluding hydrogens is 204 g/mol. The van der Waals surface area contributed by atoms with Crippen LogP contribution in [0.25, 0.3) is 0 Å². The molecule has 2 N–H and O–H groups in total. The third-order valence-corrected chi connectivity index (χ3v) is 3.70. The van der Waals surface area contributed by atoms with Crippen molar-refractivity contribution in [1.82, 2.24) is 10.6 Å². The molecular formula is C12H22N2O2. The van der Waals surface area contributed by atoms with Gasteiger partial charge in [0.1, 0.15) is 6.10 Å². The van der Waals surface area contributed by atoms with Crippen molar-refractivity contribution in [2.24, 2.45) is 0 Å². The molecule has 0 spiro atoms. The molecule has 1 saturated heterocycles. The minimum atomic E-state index is -0.179. The first-order chi connectivity index (χ1) is 7.79. The van der Waals surface area contributed by atoms with E-state index in [0.29, 0.717) is 12.1 Å². The predicted octanol–water partition coefficient (Wildman–Crippen LogP) is 0.812. The second-order valence-corrected chi connectivity index (χ2v) is 4.85. The van der Waals surface area contributed by atoms with E-state index < -0.39 is 0 Å². The van der Waals surface area contributed by atoms with Gasteiger partial charge in [0.2, 0.25) is 5.91 Å². The lowest BCUT2D eigenvalue weighted by atomic mass is 9.91. The summed E-state index contributed by atoms with van der Waals surface area (Å²) in [5.74, 6) is 0.102. The number of carbonyl (C=O) groups excluding carboxylic acids is 1. The van der Waals surface area contributed by atoms with Crippen LogP contribution in [-0.2, 0) is 9.53 Å². The molecule has 92 valence electrons. The molecule has 2 fully saturated rings. The summed E-state index contributed by atoms with van der Waals surface area (Å²) in [6.45, 7) is 0.741. The molecule has 0 radical (unpaired) electrons. The summed E-state index contributed by atoms with van der Waals surface area (Å²) in [7, 11) is 2.01. The highest BCUT2D eigenvalue weighted by Gasteiger charge is 2.27. The normalized spacial score (nSPS) is 34.9. The fraction of sp³-hybridized carbons (Fsp3) is 0.917. The minimum absolute atomic E-state index is 0.102. The standard InChI is InChI=1S/C12H22N2O2/c1-13-9-4-6-10(7-5-9)14-12(15)11-3-2-8-16-11/h9-11,13H,2-8H2,1H3,(H,14,15)/t9?,10?,11-/m0/s1. The quantitative estimate of drug-likeness (QED) is 0.749. The van der Waals surface area contributed by atoms with E-state index in [1.807, 2.05) is 7.05 Å². The van der Waals surface area contributed by atoms with Crippen LogP contribution in [0, 0.1) is 0 Å². The first-order valence-electron chi connectivity index (χ1n) is 6.39. The molecule has 0 aromatic heterocycles. The number of amides is 1. The van der Waals surface area contributed by atoms with Crippen molar-refractivity contribution in [2.45, 2.75) is 56.7 Å². The highest BCUT2D eigenvalue weighted by molar-refractivity contribution is 5.81. The number of rotatable bonds is 3. The van der Waals surface area contributed by atoms with E-state index in [0.717, 1.165) is 45.1 Å². The van der Waals surface area contributed by atoms with Gasteiger partial charge in [0.05, 0.1) is 0 Å². The van der Waals surface area contributed by atoms with E-state index in [1.54, 1.807) is 0 Å². The summed E-state index contributed by atoms with van der Waals surface area (Å²) in [6, 6.07) is 0.997. The summed E-state index contributed by atoms with van der Waals surface area (Å²) in [6.07, 6.45) is 6.22. The van der Waals surface area contributed by atoms with Crippen LogP contribution in [-0.4, -0.2) is 37.7 Å². The molecule has 1 amide bonds. The number of hydrogen-bond donors (Lipinski definition) is 2. The molecule has 0 unspecified atom stereocenters. The van der Waals surface area contributed by atoms with Crippen molar-refractivity contribution in [3.05, 3.63) is 0 Å². The molecule has 1 aliphatic heterocycles. The van der Waals surface area contributed by atoms with Gasteiger partial charge in [-0.15, -0.1) is 0 Å². The van der Waals surface area contributed by atoms with Gasteiger partial charge in [-0.3, -0.25) is 4.79 Å². The zero-order valence-electron chi connectivity index (χ0n) is 10.00. The Kier molecular flexibility index (Phi) is 4.18. The van der Waals surface area contributed by atoms with Crippen LogP contribution in [0.5, 0.6) is 0 Å². The van der Waals surface area contributed by atoms with Gasteiger partial charge in [-0.2, -0.15) is 0 Å². The van der Waals surface area contributed by atoms with Crippen LogP contribution >= 0.6 is 0 Å². The van der Waals surface area contributed by atoms with Crippen LogP contribution in [0.2, 0.25) is 0 Å². The van der Waals surface area contributed by atoms with Crippen molar-refractivity contribution in [1.29, 1.82) is 0 Å². The van der Waals surface area contributed by atoms with Crippen molar-refractivity contribution >= 4 is 5.91 Å². The third-order valence-electron chi connectivity index (χ3n) is 3.70. The van der Waals surface area contributed by atoms with Crippen molar-refractivity contribution < 1.29 is 9.53 Å². The fourth-order valence-corrected chi connectivity index (χ4v) is 2.60. The number of carbonyl (C=O) groups is 1.